The number of nitrogens with one attached hydrogen (secondary N) is 1. The predicted octanol–water partition coefficient (Wildman–Crippen LogP) is -0.891. The third kappa shape index (κ3) is 3.91. The monoisotopic (exact) mass is 265 g/mol. The van der Waals surface area contributed by atoms with Gasteiger partial charge in [0.25, 0.3) is 10.2 Å². The minimum Gasteiger partial charge on any atom is -0.480 e. The van der Waals surface area contributed by atoms with Gasteiger partial charge in [-0.25, -0.2) is 4.72 Å². The molecular formula is C9H19N3O4S. The van der Waals surface area contributed by atoms with E-state index in [1.54, 1.807) is 0 Å². The van der Waals surface area contributed by atoms with Crippen LogP contribution >= 0.6 is 0 Å². The number of rotatable bonds is 6. The molecule has 0 bridgehead atoms. The van der Waals surface area contributed by atoms with E-state index < -0.39 is 22.2 Å². The molecule has 1 aliphatic rings. The Kier molecular flexibility index (Phi) is 5.31. The molecule has 8 heteroatoms. The lowest BCUT2D eigenvalue weighted by Gasteiger charge is -2.31. The van der Waals surface area contributed by atoms with Gasteiger partial charge in [0, 0.05) is 13.1 Å². The number of aliphatic carboxylic acids is 1. The molecule has 0 spiro atoms. The average molecular weight is 265 g/mol. The van der Waals surface area contributed by atoms with Gasteiger partial charge in [-0.3, -0.25) is 4.79 Å². The minimum atomic E-state index is -3.70. The highest BCUT2D eigenvalue weighted by Gasteiger charge is 2.36. The lowest BCUT2D eigenvalue weighted by atomic mass is 10.1. The molecule has 1 atom stereocenters. The number of carboxylic acids is 1. The second-order valence-corrected chi connectivity index (χ2v) is 5.71. The Hall–Kier alpha value is -0.700. The standard InChI is InChI=1S/C9H19N3O4S/c10-5-3-6-11-17(15,16)12-7-2-1-4-8(12)9(13)14/h8,11H,1-7,10H2,(H,13,14). The van der Waals surface area contributed by atoms with E-state index in [4.69, 9.17) is 10.8 Å². The quantitative estimate of drug-likeness (QED) is 0.539. The molecule has 100 valence electrons. The van der Waals surface area contributed by atoms with Gasteiger partial charge in [0.2, 0.25) is 0 Å². The first-order chi connectivity index (χ1) is 7.99. The van der Waals surface area contributed by atoms with Gasteiger partial charge in [-0.15, -0.1) is 0 Å². The Balaban J connectivity index is 2.69. The molecule has 0 aromatic carbocycles. The van der Waals surface area contributed by atoms with Crippen molar-refractivity contribution in [3.05, 3.63) is 0 Å². The molecule has 1 fully saturated rings. The van der Waals surface area contributed by atoms with Gasteiger partial charge >= 0.3 is 5.97 Å². The van der Waals surface area contributed by atoms with Crippen molar-refractivity contribution in [1.29, 1.82) is 0 Å². The zero-order chi connectivity index (χ0) is 12.9. The second kappa shape index (κ2) is 6.29. The summed E-state index contributed by atoms with van der Waals surface area (Å²) in [5, 5.41) is 8.99. The Morgan fingerprint density at radius 1 is 1.47 bits per heavy atom. The molecule has 0 amide bonds. The van der Waals surface area contributed by atoms with Gasteiger partial charge in [0.05, 0.1) is 0 Å². The second-order valence-electron chi connectivity index (χ2n) is 4.00. The summed E-state index contributed by atoms with van der Waals surface area (Å²) in [6.07, 6.45) is 2.34. The number of carboxylic acid groups (broad SMARTS) is 1. The zero-order valence-electron chi connectivity index (χ0n) is 9.63. The zero-order valence-corrected chi connectivity index (χ0v) is 10.4. The number of piperidine rings is 1. The Morgan fingerprint density at radius 3 is 2.76 bits per heavy atom. The third-order valence-corrected chi connectivity index (χ3v) is 4.34. The van der Waals surface area contributed by atoms with Crippen LogP contribution < -0.4 is 10.5 Å². The molecule has 4 N–H and O–H groups in total. The van der Waals surface area contributed by atoms with Crippen LogP contribution in [0.1, 0.15) is 25.7 Å². The SMILES string of the molecule is NCCCNS(=O)(=O)N1CCCCC1C(=O)O. The summed E-state index contributed by atoms with van der Waals surface area (Å²) in [4.78, 5) is 11.0. The summed E-state index contributed by atoms with van der Waals surface area (Å²) >= 11 is 0. The first-order valence-corrected chi connectivity index (χ1v) is 7.12. The highest BCUT2D eigenvalue weighted by molar-refractivity contribution is 7.87. The van der Waals surface area contributed by atoms with E-state index in [2.05, 4.69) is 4.72 Å². The molecule has 1 heterocycles. The molecule has 0 aliphatic carbocycles. The highest BCUT2D eigenvalue weighted by atomic mass is 32.2. The summed E-state index contributed by atoms with van der Waals surface area (Å²) in [7, 11) is -3.70. The first-order valence-electron chi connectivity index (χ1n) is 5.68. The largest absolute Gasteiger partial charge is 0.480 e. The van der Waals surface area contributed by atoms with E-state index in [0.717, 1.165) is 10.7 Å². The van der Waals surface area contributed by atoms with Crippen LogP contribution in [-0.2, 0) is 15.0 Å². The number of nitrogens with zero attached hydrogens (tertiary/aromatic N) is 1. The molecule has 1 rings (SSSR count). The molecule has 0 radical (unpaired) electrons. The van der Waals surface area contributed by atoms with Crippen molar-refractivity contribution in [1.82, 2.24) is 9.03 Å². The molecular weight excluding hydrogens is 246 g/mol. The van der Waals surface area contributed by atoms with Crippen molar-refractivity contribution in [3.63, 3.8) is 0 Å². The minimum absolute atomic E-state index is 0.238. The Morgan fingerprint density at radius 2 is 2.18 bits per heavy atom. The van der Waals surface area contributed by atoms with E-state index in [1.165, 1.54) is 0 Å². The van der Waals surface area contributed by atoms with Gasteiger partial charge in [-0.2, -0.15) is 12.7 Å². The van der Waals surface area contributed by atoms with Crippen LogP contribution in [0.5, 0.6) is 0 Å². The summed E-state index contributed by atoms with van der Waals surface area (Å²) in [6.45, 7) is 0.890. The molecule has 0 saturated carbocycles. The third-order valence-electron chi connectivity index (χ3n) is 2.71. The number of carbonyl (C=O) groups is 1. The van der Waals surface area contributed by atoms with Crippen molar-refractivity contribution >= 4 is 16.2 Å². The number of hydrogen-bond acceptors (Lipinski definition) is 4. The molecule has 0 aromatic rings. The van der Waals surface area contributed by atoms with E-state index in [9.17, 15) is 13.2 Å². The van der Waals surface area contributed by atoms with Gasteiger partial charge in [-0.05, 0) is 32.2 Å². The predicted molar refractivity (Wildman–Crippen MR) is 62.6 cm³/mol. The lowest BCUT2D eigenvalue weighted by Crippen LogP contribution is -2.52. The molecule has 17 heavy (non-hydrogen) atoms. The molecule has 1 unspecified atom stereocenters. The van der Waals surface area contributed by atoms with E-state index in [-0.39, 0.29) is 13.1 Å². The fourth-order valence-electron chi connectivity index (χ4n) is 1.83. The fraction of sp³-hybridized carbons (Fsp3) is 0.889. The molecule has 1 aliphatic heterocycles. The van der Waals surface area contributed by atoms with Crippen LogP contribution in [0, 0.1) is 0 Å². The fourth-order valence-corrected chi connectivity index (χ4v) is 3.29. The number of nitrogens with two attached hydrogens (primary N) is 1. The van der Waals surface area contributed by atoms with Crippen LogP contribution in [0.4, 0.5) is 0 Å². The van der Waals surface area contributed by atoms with Crippen molar-refractivity contribution in [3.8, 4) is 0 Å². The van der Waals surface area contributed by atoms with Crippen LogP contribution in [0.3, 0.4) is 0 Å². The van der Waals surface area contributed by atoms with Crippen LogP contribution in [0.15, 0.2) is 0 Å². The molecule has 0 aromatic heterocycles. The van der Waals surface area contributed by atoms with Crippen molar-refractivity contribution in [2.45, 2.75) is 31.7 Å². The van der Waals surface area contributed by atoms with Crippen molar-refractivity contribution in [2.24, 2.45) is 5.73 Å². The highest BCUT2D eigenvalue weighted by Crippen LogP contribution is 2.19. The normalized spacial score (nSPS) is 22.5. The Bertz CT molecular complexity index is 357. The number of hydrogen-bond donors (Lipinski definition) is 3. The van der Waals surface area contributed by atoms with Crippen LogP contribution in [-0.4, -0.2) is 49.5 Å². The Labute approximate surface area is 101 Å². The summed E-state index contributed by atoms with van der Waals surface area (Å²) in [6, 6.07) is -0.945. The van der Waals surface area contributed by atoms with Gasteiger partial charge < -0.3 is 10.8 Å². The van der Waals surface area contributed by atoms with Crippen LogP contribution in [0.25, 0.3) is 0 Å². The maximum absolute atomic E-state index is 11.9. The lowest BCUT2D eigenvalue weighted by molar-refractivity contribution is -0.142. The maximum Gasteiger partial charge on any atom is 0.322 e. The smallest absolute Gasteiger partial charge is 0.322 e. The van der Waals surface area contributed by atoms with Crippen molar-refractivity contribution in [2.75, 3.05) is 19.6 Å². The summed E-state index contributed by atoms with van der Waals surface area (Å²) in [5.41, 5.74) is 5.27. The molecule has 1 saturated heterocycles. The van der Waals surface area contributed by atoms with E-state index in [1.807, 2.05) is 0 Å². The van der Waals surface area contributed by atoms with Crippen LogP contribution in [0.2, 0.25) is 0 Å². The van der Waals surface area contributed by atoms with E-state index in [0.29, 0.717) is 25.8 Å². The molecule has 7 nitrogen and oxygen atoms in total. The average Bonchev–Trinajstić information content (AvgIpc) is 2.29. The first kappa shape index (κ1) is 14.4. The van der Waals surface area contributed by atoms with E-state index >= 15 is 0 Å². The van der Waals surface area contributed by atoms with Gasteiger partial charge in [-0.1, -0.05) is 0 Å². The van der Waals surface area contributed by atoms with Gasteiger partial charge in [0.15, 0.2) is 0 Å². The topological polar surface area (TPSA) is 113 Å². The van der Waals surface area contributed by atoms with Gasteiger partial charge in [0.1, 0.15) is 6.04 Å². The maximum atomic E-state index is 11.9. The summed E-state index contributed by atoms with van der Waals surface area (Å²) in [5.74, 6) is -1.09. The van der Waals surface area contributed by atoms with Crippen molar-refractivity contribution < 1.29 is 18.3 Å². The summed E-state index contributed by atoms with van der Waals surface area (Å²) < 4.78 is 27.2.